The number of piperidine rings is 1. The molecule has 0 amide bonds. The smallest absolute Gasteiger partial charge is 0.147 e. The van der Waals surface area contributed by atoms with Crippen molar-refractivity contribution in [2.75, 3.05) is 24.6 Å². The molecular formula is C13H19ClN2O2. The van der Waals surface area contributed by atoms with E-state index in [0.29, 0.717) is 11.1 Å². The number of hydrogen-bond donors (Lipinski definition) is 1. The third-order valence-electron chi connectivity index (χ3n) is 3.20. The molecule has 2 rings (SSSR count). The van der Waals surface area contributed by atoms with Crippen LogP contribution in [0.25, 0.3) is 0 Å². The predicted molar refractivity (Wildman–Crippen MR) is 72.0 cm³/mol. The molecule has 1 aliphatic heterocycles. The molecule has 1 aliphatic rings. The molecule has 0 aliphatic carbocycles. The molecule has 1 fully saturated rings. The predicted octanol–water partition coefficient (Wildman–Crippen LogP) is 2.23. The number of hydrogen-bond acceptors (Lipinski definition) is 4. The van der Waals surface area contributed by atoms with Gasteiger partial charge in [-0.15, -0.1) is 0 Å². The fourth-order valence-corrected chi connectivity index (χ4v) is 2.57. The van der Waals surface area contributed by atoms with Gasteiger partial charge < -0.3 is 14.7 Å². The van der Waals surface area contributed by atoms with E-state index >= 15 is 0 Å². The van der Waals surface area contributed by atoms with Crippen LogP contribution >= 0.6 is 11.6 Å². The second kappa shape index (κ2) is 6.36. The van der Waals surface area contributed by atoms with E-state index in [9.17, 15) is 0 Å². The summed E-state index contributed by atoms with van der Waals surface area (Å²) in [5, 5.41) is 9.64. The first-order chi connectivity index (χ1) is 8.74. The first-order valence-corrected chi connectivity index (χ1v) is 6.74. The molecule has 1 aromatic rings. The number of ether oxygens (including phenoxy) is 1. The molecule has 0 radical (unpaired) electrons. The van der Waals surface area contributed by atoms with Gasteiger partial charge in [-0.25, -0.2) is 4.98 Å². The van der Waals surface area contributed by atoms with Gasteiger partial charge in [0.15, 0.2) is 0 Å². The Morgan fingerprint density at radius 2 is 2.22 bits per heavy atom. The number of aliphatic hydroxyl groups excluding tert-OH is 1. The summed E-state index contributed by atoms with van der Waals surface area (Å²) in [5.41, 5.74) is 0.743. The molecule has 0 aromatic carbocycles. The van der Waals surface area contributed by atoms with Gasteiger partial charge in [-0.2, -0.15) is 0 Å². The minimum atomic E-state index is -0.0284. The average molecular weight is 271 g/mol. The van der Waals surface area contributed by atoms with Gasteiger partial charge in [0, 0.05) is 25.9 Å². The number of nitrogens with zero attached hydrogens (tertiary/aromatic N) is 2. The van der Waals surface area contributed by atoms with E-state index < -0.39 is 0 Å². The number of aromatic nitrogens is 1. The van der Waals surface area contributed by atoms with Crippen LogP contribution < -0.4 is 4.90 Å². The van der Waals surface area contributed by atoms with E-state index in [4.69, 9.17) is 21.4 Å². The Kier molecular flexibility index (Phi) is 4.80. The van der Waals surface area contributed by atoms with Gasteiger partial charge in [0.05, 0.1) is 17.7 Å². The molecule has 0 atom stereocenters. The van der Waals surface area contributed by atoms with Crippen LogP contribution in [0, 0.1) is 0 Å². The van der Waals surface area contributed by atoms with E-state index in [1.807, 2.05) is 6.92 Å². The third-order valence-corrected chi connectivity index (χ3v) is 3.48. The van der Waals surface area contributed by atoms with E-state index in [0.717, 1.165) is 43.9 Å². The highest BCUT2D eigenvalue weighted by Crippen LogP contribution is 2.27. The van der Waals surface area contributed by atoms with Gasteiger partial charge in [0.2, 0.25) is 0 Å². The van der Waals surface area contributed by atoms with Crippen LogP contribution in [0.2, 0.25) is 5.02 Å². The minimum absolute atomic E-state index is 0.0284. The Bertz CT molecular complexity index is 393. The summed E-state index contributed by atoms with van der Waals surface area (Å²) in [7, 11) is 0. The van der Waals surface area contributed by atoms with Crippen LogP contribution in [-0.2, 0) is 11.3 Å². The summed E-state index contributed by atoms with van der Waals surface area (Å²) in [6, 6.07) is 1.78. The van der Waals surface area contributed by atoms with Crippen molar-refractivity contribution >= 4 is 17.4 Å². The van der Waals surface area contributed by atoms with Crippen LogP contribution in [0.3, 0.4) is 0 Å². The maximum absolute atomic E-state index is 9.03. The molecule has 1 aromatic heterocycles. The monoisotopic (exact) mass is 270 g/mol. The summed E-state index contributed by atoms with van der Waals surface area (Å²) >= 11 is 6.19. The Balaban J connectivity index is 2.01. The van der Waals surface area contributed by atoms with Crippen LogP contribution in [0.1, 0.15) is 25.3 Å². The van der Waals surface area contributed by atoms with E-state index in [-0.39, 0.29) is 6.61 Å². The van der Waals surface area contributed by atoms with Gasteiger partial charge in [0.25, 0.3) is 0 Å². The molecular weight excluding hydrogens is 252 g/mol. The normalized spacial score (nSPS) is 17.2. The van der Waals surface area contributed by atoms with Crippen molar-refractivity contribution in [1.29, 1.82) is 0 Å². The largest absolute Gasteiger partial charge is 0.392 e. The van der Waals surface area contributed by atoms with Crippen molar-refractivity contribution < 1.29 is 9.84 Å². The Morgan fingerprint density at radius 1 is 1.50 bits per heavy atom. The molecule has 0 bridgehead atoms. The zero-order chi connectivity index (χ0) is 13.0. The van der Waals surface area contributed by atoms with Crippen LogP contribution in [-0.4, -0.2) is 35.9 Å². The highest BCUT2D eigenvalue weighted by atomic mass is 35.5. The third kappa shape index (κ3) is 3.13. The molecule has 1 N–H and O–H groups in total. The molecule has 0 saturated carbocycles. The zero-order valence-corrected chi connectivity index (χ0v) is 11.4. The molecule has 100 valence electrons. The first-order valence-electron chi connectivity index (χ1n) is 6.36. The molecule has 1 saturated heterocycles. The van der Waals surface area contributed by atoms with E-state index in [1.54, 1.807) is 12.3 Å². The fourth-order valence-electron chi connectivity index (χ4n) is 2.26. The number of pyridine rings is 1. The summed E-state index contributed by atoms with van der Waals surface area (Å²) in [4.78, 5) is 6.52. The lowest BCUT2D eigenvalue weighted by atomic mass is 10.1. The number of aliphatic hydroxyl groups is 1. The molecule has 0 unspecified atom stereocenters. The highest BCUT2D eigenvalue weighted by Gasteiger charge is 2.21. The van der Waals surface area contributed by atoms with Gasteiger partial charge in [-0.3, -0.25) is 0 Å². The summed E-state index contributed by atoms with van der Waals surface area (Å²) in [6.45, 7) is 4.60. The van der Waals surface area contributed by atoms with Crippen molar-refractivity contribution in [1.82, 2.24) is 4.98 Å². The van der Waals surface area contributed by atoms with Crippen molar-refractivity contribution in [2.45, 2.75) is 32.5 Å². The second-order valence-electron chi connectivity index (χ2n) is 4.45. The zero-order valence-electron chi connectivity index (χ0n) is 10.6. The van der Waals surface area contributed by atoms with Crippen LogP contribution in [0.15, 0.2) is 12.3 Å². The molecule has 0 spiro atoms. The quantitative estimate of drug-likeness (QED) is 0.911. The standard InChI is InChI=1S/C13H19ClN2O2/c1-2-18-11-3-5-16(6-4-11)13-12(14)7-10(9-17)8-15-13/h7-8,11,17H,2-6,9H2,1H3. The van der Waals surface area contributed by atoms with Gasteiger partial charge in [0.1, 0.15) is 5.82 Å². The number of anilines is 1. The topological polar surface area (TPSA) is 45.6 Å². The lowest BCUT2D eigenvalue weighted by molar-refractivity contribution is 0.0458. The Labute approximate surface area is 113 Å². The number of rotatable bonds is 4. The van der Waals surface area contributed by atoms with Crippen molar-refractivity contribution in [2.24, 2.45) is 0 Å². The summed E-state index contributed by atoms with van der Waals surface area (Å²) in [6.07, 6.45) is 4.05. The van der Waals surface area contributed by atoms with Crippen molar-refractivity contribution in [3.8, 4) is 0 Å². The Hall–Kier alpha value is -0.840. The lowest BCUT2D eigenvalue weighted by Gasteiger charge is -2.33. The maximum atomic E-state index is 9.03. The lowest BCUT2D eigenvalue weighted by Crippen LogP contribution is -2.37. The highest BCUT2D eigenvalue weighted by molar-refractivity contribution is 6.33. The van der Waals surface area contributed by atoms with Crippen molar-refractivity contribution in [3.63, 3.8) is 0 Å². The number of halogens is 1. The maximum Gasteiger partial charge on any atom is 0.147 e. The molecule has 2 heterocycles. The summed E-state index contributed by atoms with van der Waals surface area (Å²) < 4.78 is 5.62. The molecule has 4 nitrogen and oxygen atoms in total. The van der Waals surface area contributed by atoms with Crippen LogP contribution in [0.5, 0.6) is 0 Å². The minimum Gasteiger partial charge on any atom is -0.392 e. The SMILES string of the molecule is CCOC1CCN(c2ncc(CO)cc2Cl)CC1. The van der Waals surface area contributed by atoms with E-state index in [1.165, 1.54) is 0 Å². The summed E-state index contributed by atoms with van der Waals surface area (Å²) in [5.74, 6) is 0.809. The van der Waals surface area contributed by atoms with E-state index in [2.05, 4.69) is 9.88 Å². The van der Waals surface area contributed by atoms with Gasteiger partial charge in [-0.1, -0.05) is 11.6 Å². The first kappa shape index (κ1) is 13.6. The molecule has 5 heteroatoms. The molecule has 18 heavy (non-hydrogen) atoms. The van der Waals surface area contributed by atoms with Crippen molar-refractivity contribution in [3.05, 3.63) is 22.8 Å². The van der Waals surface area contributed by atoms with Gasteiger partial charge in [-0.05, 0) is 31.4 Å². The Morgan fingerprint density at radius 3 is 2.78 bits per heavy atom. The van der Waals surface area contributed by atoms with Crippen LogP contribution in [0.4, 0.5) is 5.82 Å². The van der Waals surface area contributed by atoms with Gasteiger partial charge >= 0.3 is 0 Å². The fraction of sp³-hybridized carbons (Fsp3) is 0.615. The second-order valence-corrected chi connectivity index (χ2v) is 4.86. The average Bonchev–Trinajstić information content (AvgIpc) is 2.40.